The summed E-state index contributed by atoms with van der Waals surface area (Å²) >= 11 is 0. The number of aromatic nitrogens is 4. The van der Waals surface area contributed by atoms with Gasteiger partial charge in [-0.15, -0.1) is 0 Å². The van der Waals surface area contributed by atoms with Crippen molar-refractivity contribution in [1.82, 2.24) is 19.1 Å². The van der Waals surface area contributed by atoms with Gasteiger partial charge in [0.15, 0.2) is 0 Å². The Kier molecular flexibility index (Phi) is 7.32. The molecule has 3 aromatic heterocycles. The first-order valence-corrected chi connectivity index (χ1v) is 20.0. The van der Waals surface area contributed by atoms with Gasteiger partial charge in [0.2, 0.25) is 5.95 Å². The molecule has 0 saturated carbocycles. The molecule has 1 aliphatic carbocycles. The van der Waals surface area contributed by atoms with Gasteiger partial charge in [-0.05, 0) is 100 Å². The van der Waals surface area contributed by atoms with Crippen molar-refractivity contribution in [3.63, 3.8) is 0 Å². The highest BCUT2D eigenvalue weighted by Gasteiger charge is 2.22. The van der Waals surface area contributed by atoms with Crippen LogP contribution in [0.3, 0.4) is 0 Å². The molecule has 0 aliphatic heterocycles. The van der Waals surface area contributed by atoms with Gasteiger partial charge < -0.3 is 4.57 Å². The zero-order valence-corrected chi connectivity index (χ0v) is 31.6. The third kappa shape index (κ3) is 5.08. The first kappa shape index (κ1) is 32.7. The molecule has 272 valence electrons. The molecular formula is C54H36N4. The molecule has 1 atom stereocenters. The minimum atomic E-state index is 0.184. The van der Waals surface area contributed by atoms with Crippen LogP contribution < -0.4 is 0 Å². The van der Waals surface area contributed by atoms with Crippen LogP contribution in [0.4, 0.5) is 0 Å². The predicted octanol–water partition coefficient (Wildman–Crippen LogP) is 13.9. The molecule has 8 aromatic carbocycles. The number of allylic oxidation sites excluding steroid dienone is 4. The van der Waals surface area contributed by atoms with Gasteiger partial charge >= 0.3 is 0 Å². The molecule has 4 nitrogen and oxygen atoms in total. The maximum Gasteiger partial charge on any atom is 0.235 e. The molecular weight excluding hydrogens is 705 g/mol. The van der Waals surface area contributed by atoms with E-state index in [4.69, 9.17) is 9.97 Å². The van der Waals surface area contributed by atoms with E-state index < -0.39 is 0 Å². The van der Waals surface area contributed by atoms with Crippen molar-refractivity contribution in [2.75, 3.05) is 0 Å². The SMILES string of the molecule is C1=CCC(c2nc(-n3c4ccc(-c5ccc6c(c5)c5cc(-c7ccccc7)ccc5n6-c5ccccc5)cc4c4c5ccccc5ccc43)nc3ccccc23)C=C1. The lowest BCUT2D eigenvalue weighted by Crippen LogP contribution is -2.08. The second-order valence-corrected chi connectivity index (χ2v) is 15.3. The molecule has 58 heavy (non-hydrogen) atoms. The average molecular weight is 741 g/mol. The van der Waals surface area contributed by atoms with Gasteiger partial charge in [-0.25, -0.2) is 9.97 Å². The zero-order chi connectivity index (χ0) is 38.2. The number of rotatable bonds is 5. The number of hydrogen-bond donors (Lipinski definition) is 0. The molecule has 0 N–H and O–H groups in total. The van der Waals surface area contributed by atoms with Crippen molar-refractivity contribution in [3.05, 3.63) is 206 Å². The standard InChI is InChI=1S/C54H36N4/c1-4-14-35(15-5-1)38-25-28-48-44(32-38)45-33-39(26-29-49(45)57(48)41-19-8-3-9-20-41)40-27-30-50-46(34-40)52-42-21-11-10-16-36(42)24-31-51(52)58(50)54-55-47-23-13-12-22-43(47)53(56-54)37-17-6-2-7-18-37/h1-17,19-34,37H,18H2. The lowest BCUT2D eigenvalue weighted by Gasteiger charge is -2.17. The van der Waals surface area contributed by atoms with Crippen LogP contribution in [-0.4, -0.2) is 19.1 Å². The van der Waals surface area contributed by atoms with Crippen molar-refractivity contribution in [3.8, 4) is 33.9 Å². The van der Waals surface area contributed by atoms with Crippen LogP contribution in [0.1, 0.15) is 18.0 Å². The minimum Gasteiger partial charge on any atom is -0.309 e. The van der Waals surface area contributed by atoms with E-state index in [-0.39, 0.29) is 5.92 Å². The summed E-state index contributed by atoms with van der Waals surface area (Å²) in [6.07, 6.45) is 9.67. The fraction of sp³-hybridized carbons (Fsp3) is 0.0370. The monoisotopic (exact) mass is 740 g/mol. The Morgan fingerprint density at radius 3 is 1.76 bits per heavy atom. The second-order valence-electron chi connectivity index (χ2n) is 15.3. The van der Waals surface area contributed by atoms with Crippen LogP contribution in [0.15, 0.2) is 200 Å². The summed E-state index contributed by atoms with van der Waals surface area (Å²) < 4.78 is 4.67. The maximum absolute atomic E-state index is 5.41. The third-order valence-corrected chi connectivity index (χ3v) is 12.0. The molecule has 0 radical (unpaired) electrons. The average Bonchev–Trinajstić information content (AvgIpc) is 3.81. The second kappa shape index (κ2) is 13.0. The van der Waals surface area contributed by atoms with Crippen LogP contribution in [0.5, 0.6) is 0 Å². The molecule has 0 amide bonds. The van der Waals surface area contributed by atoms with Gasteiger partial charge in [-0.3, -0.25) is 4.57 Å². The molecule has 0 bridgehead atoms. The molecule has 0 spiro atoms. The number of nitrogens with zero attached hydrogens (tertiary/aromatic N) is 4. The molecule has 0 fully saturated rings. The lowest BCUT2D eigenvalue weighted by atomic mass is 9.94. The van der Waals surface area contributed by atoms with Crippen molar-refractivity contribution in [2.45, 2.75) is 12.3 Å². The van der Waals surface area contributed by atoms with Gasteiger partial charge in [0, 0.05) is 38.5 Å². The zero-order valence-electron chi connectivity index (χ0n) is 31.6. The van der Waals surface area contributed by atoms with E-state index in [1.165, 1.54) is 65.6 Å². The quantitative estimate of drug-likeness (QED) is 0.176. The highest BCUT2D eigenvalue weighted by molar-refractivity contribution is 6.22. The first-order valence-electron chi connectivity index (χ1n) is 20.0. The largest absolute Gasteiger partial charge is 0.309 e. The summed E-state index contributed by atoms with van der Waals surface area (Å²) in [6, 6.07) is 63.7. The highest BCUT2D eigenvalue weighted by atomic mass is 15.2. The van der Waals surface area contributed by atoms with E-state index in [0.29, 0.717) is 5.95 Å². The number of para-hydroxylation sites is 2. The fourth-order valence-electron chi connectivity index (χ4n) is 9.31. The summed E-state index contributed by atoms with van der Waals surface area (Å²) in [4.78, 5) is 10.7. The minimum absolute atomic E-state index is 0.184. The Morgan fingerprint density at radius 2 is 1.03 bits per heavy atom. The van der Waals surface area contributed by atoms with Gasteiger partial charge in [-0.1, -0.05) is 140 Å². The normalized spacial score (nSPS) is 14.2. The summed E-state index contributed by atoms with van der Waals surface area (Å²) in [6.45, 7) is 0. The van der Waals surface area contributed by atoms with E-state index in [2.05, 4.69) is 209 Å². The van der Waals surface area contributed by atoms with Crippen LogP contribution in [0.2, 0.25) is 0 Å². The molecule has 1 unspecified atom stereocenters. The lowest BCUT2D eigenvalue weighted by molar-refractivity contribution is 0.810. The van der Waals surface area contributed by atoms with E-state index in [1.54, 1.807) is 0 Å². The number of benzene rings is 8. The topological polar surface area (TPSA) is 35.6 Å². The van der Waals surface area contributed by atoms with Crippen LogP contribution in [0.25, 0.3) is 99.2 Å². The number of hydrogen-bond acceptors (Lipinski definition) is 2. The van der Waals surface area contributed by atoms with Gasteiger partial charge in [0.25, 0.3) is 0 Å². The Labute approximate surface area is 335 Å². The van der Waals surface area contributed by atoms with Gasteiger partial charge in [-0.2, -0.15) is 0 Å². The summed E-state index contributed by atoms with van der Waals surface area (Å²) in [7, 11) is 0. The van der Waals surface area contributed by atoms with Gasteiger partial charge in [0.05, 0.1) is 33.3 Å². The fourth-order valence-corrected chi connectivity index (χ4v) is 9.31. The molecule has 0 saturated heterocycles. The first-order chi connectivity index (χ1) is 28.8. The van der Waals surface area contributed by atoms with Crippen LogP contribution in [-0.2, 0) is 0 Å². The van der Waals surface area contributed by atoms with Crippen molar-refractivity contribution < 1.29 is 0 Å². The third-order valence-electron chi connectivity index (χ3n) is 12.0. The van der Waals surface area contributed by atoms with Crippen LogP contribution >= 0.6 is 0 Å². The summed E-state index contributed by atoms with van der Waals surface area (Å²) in [5, 5.41) is 8.39. The Balaban J connectivity index is 1.10. The van der Waals surface area contributed by atoms with E-state index >= 15 is 0 Å². The highest BCUT2D eigenvalue weighted by Crippen LogP contribution is 2.41. The Bertz CT molecular complexity index is 3480. The van der Waals surface area contributed by atoms with E-state index in [1.807, 2.05) is 0 Å². The molecule has 3 heterocycles. The molecule has 12 rings (SSSR count). The number of fused-ring (bicyclic) bond motifs is 9. The smallest absolute Gasteiger partial charge is 0.235 e. The van der Waals surface area contributed by atoms with Crippen LogP contribution in [0, 0.1) is 0 Å². The summed E-state index contributed by atoms with van der Waals surface area (Å²) in [5.74, 6) is 0.882. The Morgan fingerprint density at radius 1 is 0.431 bits per heavy atom. The Hall–Kier alpha value is -7.56. The predicted molar refractivity (Wildman–Crippen MR) is 242 cm³/mol. The maximum atomic E-state index is 5.41. The van der Waals surface area contributed by atoms with Crippen molar-refractivity contribution in [1.29, 1.82) is 0 Å². The molecule has 4 heteroatoms. The van der Waals surface area contributed by atoms with Crippen molar-refractivity contribution >= 4 is 65.3 Å². The molecule has 1 aliphatic rings. The van der Waals surface area contributed by atoms with E-state index in [9.17, 15) is 0 Å². The molecule has 11 aromatic rings. The van der Waals surface area contributed by atoms with Gasteiger partial charge in [0.1, 0.15) is 0 Å². The van der Waals surface area contributed by atoms with Crippen molar-refractivity contribution in [2.24, 2.45) is 0 Å². The summed E-state index contributed by atoms with van der Waals surface area (Å²) in [5.41, 5.74) is 12.5. The van der Waals surface area contributed by atoms with E-state index in [0.717, 1.165) is 39.7 Å².